The van der Waals surface area contributed by atoms with Gasteiger partial charge < -0.3 is 9.88 Å². The molecule has 1 heterocycles. The van der Waals surface area contributed by atoms with Crippen molar-refractivity contribution in [3.63, 3.8) is 0 Å². The van der Waals surface area contributed by atoms with Crippen LogP contribution in [0.3, 0.4) is 0 Å². The second-order valence-corrected chi connectivity index (χ2v) is 5.86. The predicted molar refractivity (Wildman–Crippen MR) is 96.5 cm³/mol. The van der Waals surface area contributed by atoms with Gasteiger partial charge in [0.2, 0.25) is 5.91 Å². The van der Waals surface area contributed by atoms with Crippen molar-refractivity contribution < 1.29 is 9.59 Å². The quantitative estimate of drug-likeness (QED) is 0.723. The van der Waals surface area contributed by atoms with Crippen molar-refractivity contribution in [2.24, 2.45) is 0 Å². The maximum absolute atomic E-state index is 12.5. The summed E-state index contributed by atoms with van der Waals surface area (Å²) in [7, 11) is 0. The second-order valence-electron chi connectivity index (χ2n) is 5.86. The van der Waals surface area contributed by atoms with Gasteiger partial charge in [0, 0.05) is 22.8 Å². The maximum Gasteiger partial charge on any atom is 0.244 e. The van der Waals surface area contributed by atoms with E-state index >= 15 is 0 Å². The number of carbonyl (C=O) groups excluding carboxylic acids is 2. The second kappa shape index (κ2) is 6.71. The molecular weight excluding hydrogens is 300 g/mol. The minimum atomic E-state index is -0.107. The van der Waals surface area contributed by atoms with Gasteiger partial charge >= 0.3 is 0 Å². The lowest BCUT2D eigenvalue weighted by atomic mass is 10.1. The Kier molecular flexibility index (Phi) is 4.47. The molecule has 0 saturated heterocycles. The van der Waals surface area contributed by atoms with E-state index in [1.807, 2.05) is 54.0 Å². The molecule has 0 bridgehead atoms. The average Bonchev–Trinajstić information content (AvgIpc) is 2.95. The number of anilines is 1. The fraction of sp³-hybridized carbons (Fsp3) is 0.200. The van der Waals surface area contributed by atoms with Crippen molar-refractivity contribution in [1.82, 2.24) is 4.57 Å². The molecule has 0 unspecified atom stereocenters. The highest BCUT2D eigenvalue weighted by atomic mass is 16.2. The molecule has 1 amide bonds. The van der Waals surface area contributed by atoms with Gasteiger partial charge in [-0.2, -0.15) is 0 Å². The van der Waals surface area contributed by atoms with Gasteiger partial charge in [-0.3, -0.25) is 9.59 Å². The van der Waals surface area contributed by atoms with E-state index in [1.54, 1.807) is 6.20 Å². The van der Waals surface area contributed by atoms with Gasteiger partial charge in [-0.15, -0.1) is 0 Å². The SMILES string of the molecule is CCc1cccc2c(C=O)cn(CC(=O)Nc3ccccc3C)c12. The van der Waals surface area contributed by atoms with Crippen molar-refractivity contribution in [2.75, 3.05) is 5.32 Å². The van der Waals surface area contributed by atoms with E-state index in [0.717, 1.165) is 40.4 Å². The van der Waals surface area contributed by atoms with Crippen LogP contribution in [-0.2, 0) is 17.8 Å². The molecule has 0 spiro atoms. The zero-order valence-electron chi connectivity index (χ0n) is 13.9. The summed E-state index contributed by atoms with van der Waals surface area (Å²) < 4.78 is 1.87. The number of para-hydroxylation sites is 2. The number of nitrogens with one attached hydrogen (secondary N) is 1. The van der Waals surface area contributed by atoms with E-state index in [9.17, 15) is 9.59 Å². The van der Waals surface area contributed by atoms with Gasteiger partial charge in [-0.25, -0.2) is 0 Å². The van der Waals surface area contributed by atoms with Crippen LogP contribution in [0.2, 0.25) is 0 Å². The Morgan fingerprint density at radius 3 is 2.67 bits per heavy atom. The van der Waals surface area contributed by atoms with Crippen LogP contribution < -0.4 is 5.32 Å². The van der Waals surface area contributed by atoms with Gasteiger partial charge in [0.25, 0.3) is 0 Å². The van der Waals surface area contributed by atoms with E-state index in [4.69, 9.17) is 0 Å². The first-order valence-electron chi connectivity index (χ1n) is 8.05. The van der Waals surface area contributed by atoms with Gasteiger partial charge in [0.05, 0.1) is 5.52 Å². The van der Waals surface area contributed by atoms with Crippen LogP contribution in [0.25, 0.3) is 10.9 Å². The summed E-state index contributed by atoms with van der Waals surface area (Å²) in [6.07, 6.45) is 3.45. The molecule has 24 heavy (non-hydrogen) atoms. The Hall–Kier alpha value is -2.88. The molecule has 2 aromatic carbocycles. The molecule has 0 saturated carbocycles. The molecule has 1 N–H and O–H groups in total. The van der Waals surface area contributed by atoms with Gasteiger partial charge in [-0.05, 0) is 30.5 Å². The summed E-state index contributed by atoms with van der Waals surface area (Å²) in [4.78, 5) is 23.8. The molecular formula is C20H20N2O2. The van der Waals surface area contributed by atoms with Crippen molar-refractivity contribution in [3.8, 4) is 0 Å². The Labute approximate surface area is 141 Å². The summed E-state index contributed by atoms with van der Waals surface area (Å²) in [6.45, 7) is 4.20. The van der Waals surface area contributed by atoms with Crippen molar-refractivity contribution in [3.05, 3.63) is 65.4 Å². The molecule has 3 aromatic rings. The van der Waals surface area contributed by atoms with E-state index in [1.165, 1.54) is 0 Å². The highest BCUT2D eigenvalue weighted by molar-refractivity contribution is 6.00. The molecule has 0 aliphatic carbocycles. The zero-order chi connectivity index (χ0) is 17.1. The van der Waals surface area contributed by atoms with Crippen molar-refractivity contribution in [2.45, 2.75) is 26.8 Å². The molecule has 0 radical (unpaired) electrons. The number of benzene rings is 2. The number of hydrogen-bond acceptors (Lipinski definition) is 2. The lowest BCUT2D eigenvalue weighted by Gasteiger charge is -2.11. The number of rotatable bonds is 5. The monoisotopic (exact) mass is 320 g/mol. The van der Waals surface area contributed by atoms with Crippen LogP contribution in [0, 0.1) is 6.92 Å². The third-order valence-corrected chi connectivity index (χ3v) is 4.25. The zero-order valence-corrected chi connectivity index (χ0v) is 13.9. The van der Waals surface area contributed by atoms with E-state index in [2.05, 4.69) is 12.2 Å². The number of aldehydes is 1. The van der Waals surface area contributed by atoms with Crippen LogP contribution in [-0.4, -0.2) is 16.8 Å². The number of carbonyl (C=O) groups is 2. The number of nitrogens with zero attached hydrogens (tertiary/aromatic N) is 1. The summed E-state index contributed by atoms with van der Waals surface area (Å²) in [6, 6.07) is 13.6. The smallest absolute Gasteiger partial charge is 0.244 e. The third-order valence-electron chi connectivity index (χ3n) is 4.25. The van der Waals surface area contributed by atoms with Crippen LogP contribution in [0.1, 0.15) is 28.4 Å². The molecule has 3 rings (SSSR count). The van der Waals surface area contributed by atoms with Crippen LogP contribution in [0.5, 0.6) is 0 Å². The fourth-order valence-electron chi connectivity index (χ4n) is 3.03. The van der Waals surface area contributed by atoms with Crippen LogP contribution in [0.4, 0.5) is 5.69 Å². The van der Waals surface area contributed by atoms with E-state index in [0.29, 0.717) is 5.56 Å². The Morgan fingerprint density at radius 2 is 1.96 bits per heavy atom. The molecule has 1 aromatic heterocycles. The highest BCUT2D eigenvalue weighted by Crippen LogP contribution is 2.24. The topological polar surface area (TPSA) is 51.1 Å². The van der Waals surface area contributed by atoms with Crippen LogP contribution >= 0.6 is 0 Å². The van der Waals surface area contributed by atoms with Crippen molar-refractivity contribution in [1.29, 1.82) is 0 Å². The maximum atomic E-state index is 12.5. The largest absolute Gasteiger partial charge is 0.337 e. The molecule has 4 heteroatoms. The highest BCUT2D eigenvalue weighted by Gasteiger charge is 2.13. The molecule has 4 nitrogen and oxygen atoms in total. The van der Waals surface area contributed by atoms with Crippen molar-refractivity contribution >= 4 is 28.8 Å². The number of aryl methyl sites for hydroxylation is 2. The number of amides is 1. The summed E-state index contributed by atoms with van der Waals surface area (Å²) >= 11 is 0. The number of hydrogen-bond donors (Lipinski definition) is 1. The molecule has 0 aliphatic rings. The van der Waals surface area contributed by atoms with Gasteiger partial charge in [-0.1, -0.05) is 43.3 Å². The first kappa shape index (κ1) is 16.0. The Bertz CT molecular complexity index is 909. The molecule has 0 fully saturated rings. The summed E-state index contributed by atoms with van der Waals surface area (Å²) in [5.41, 5.74) is 4.53. The molecule has 122 valence electrons. The third kappa shape index (κ3) is 2.95. The predicted octanol–water partition coefficient (Wildman–Crippen LogP) is 3.96. The average molecular weight is 320 g/mol. The Balaban J connectivity index is 1.94. The number of fused-ring (bicyclic) bond motifs is 1. The lowest BCUT2D eigenvalue weighted by molar-refractivity contribution is -0.116. The van der Waals surface area contributed by atoms with Gasteiger partial charge in [0.15, 0.2) is 6.29 Å². The minimum Gasteiger partial charge on any atom is -0.337 e. The van der Waals surface area contributed by atoms with Crippen LogP contribution in [0.15, 0.2) is 48.7 Å². The first-order valence-corrected chi connectivity index (χ1v) is 8.05. The number of aromatic nitrogens is 1. The van der Waals surface area contributed by atoms with E-state index < -0.39 is 0 Å². The fourth-order valence-corrected chi connectivity index (χ4v) is 3.03. The lowest BCUT2D eigenvalue weighted by Crippen LogP contribution is -2.19. The molecule has 0 atom stereocenters. The van der Waals surface area contributed by atoms with E-state index in [-0.39, 0.29) is 12.5 Å². The Morgan fingerprint density at radius 1 is 1.17 bits per heavy atom. The first-order chi connectivity index (χ1) is 11.6. The summed E-state index contributed by atoms with van der Waals surface area (Å²) in [5, 5.41) is 3.84. The molecule has 0 aliphatic heterocycles. The minimum absolute atomic E-state index is 0.107. The normalized spacial score (nSPS) is 10.8. The standard InChI is InChI=1S/C20H20N2O2/c1-3-15-8-6-9-17-16(13-23)11-22(20(15)17)12-19(24)21-18-10-5-4-7-14(18)2/h4-11,13H,3,12H2,1-2H3,(H,21,24). The summed E-state index contributed by atoms with van der Waals surface area (Å²) in [5.74, 6) is -0.107. The van der Waals surface area contributed by atoms with Gasteiger partial charge in [0.1, 0.15) is 6.54 Å².